The van der Waals surface area contributed by atoms with Crippen molar-refractivity contribution in [2.45, 2.75) is 13.0 Å². The zero-order valence-corrected chi connectivity index (χ0v) is 16.2. The van der Waals surface area contributed by atoms with E-state index in [9.17, 15) is 18.0 Å². The Kier molecular flexibility index (Phi) is 4.26. The van der Waals surface area contributed by atoms with Gasteiger partial charge < -0.3 is 10.1 Å². The zero-order valence-electron chi connectivity index (χ0n) is 15.4. The van der Waals surface area contributed by atoms with Crippen LogP contribution in [0.15, 0.2) is 42.5 Å². The molecule has 2 aliphatic heterocycles. The molecule has 0 aromatic heterocycles. The number of fused-ring (bicyclic) bond motifs is 2. The summed E-state index contributed by atoms with van der Waals surface area (Å²) in [5.74, 6) is -0.476. The fraction of sp³-hybridized carbons (Fsp3) is 0.263. The molecular weight excluding hydrogens is 382 g/mol. The number of sulfonamides is 1. The van der Waals surface area contributed by atoms with E-state index in [2.05, 4.69) is 5.32 Å². The molecule has 0 fully saturated rings. The fourth-order valence-corrected chi connectivity index (χ4v) is 4.31. The molecule has 9 heteroatoms. The van der Waals surface area contributed by atoms with Crippen molar-refractivity contribution in [1.29, 1.82) is 0 Å². The molecule has 28 heavy (non-hydrogen) atoms. The number of hydrogen-bond acceptors (Lipinski definition) is 5. The van der Waals surface area contributed by atoms with Crippen LogP contribution in [0.4, 0.5) is 17.1 Å². The number of aryl methyl sites for hydroxylation is 1. The number of anilines is 3. The third kappa shape index (κ3) is 3.18. The zero-order chi connectivity index (χ0) is 20.1. The Bertz CT molecular complexity index is 1080. The highest BCUT2D eigenvalue weighted by Crippen LogP contribution is 2.37. The molecule has 0 aliphatic carbocycles. The van der Waals surface area contributed by atoms with E-state index in [1.807, 2.05) is 6.92 Å². The van der Waals surface area contributed by atoms with Crippen molar-refractivity contribution in [3.05, 3.63) is 48.0 Å². The quantitative estimate of drug-likeness (QED) is 0.823. The predicted molar refractivity (Wildman–Crippen MR) is 105 cm³/mol. The van der Waals surface area contributed by atoms with Crippen LogP contribution < -0.4 is 19.3 Å². The van der Waals surface area contributed by atoms with Gasteiger partial charge in [0.25, 0.3) is 5.91 Å². The van der Waals surface area contributed by atoms with Crippen LogP contribution in [0, 0.1) is 6.92 Å². The van der Waals surface area contributed by atoms with Crippen LogP contribution in [-0.2, 0) is 19.6 Å². The number of hydrogen-bond donors (Lipinski definition) is 1. The molecule has 4 rings (SSSR count). The van der Waals surface area contributed by atoms with Crippen molar-refractivity contribution in [1.82, 2.24) is 0 Å². The smallest absolute Gasteiger partial charge is 0.270 e. The monoisotopic (exact) mass is 401 g/mol. The second-order valence-electron chi connectivity index (χ2n) is 6.86. The molecule has 1 N–H and O–H groups in total. The van der Waals surface area contributed by atoms with Crippen LogP contribution in [0.2, 0.25) is 0 Å². The average Bonchev–Trinajstić information content (AvgIpc) is 2.65. The summed E-state index contributed by atoms with van der Waals surface area (Å²) in [7, 11) is -3.62. The van der Waals surface area contributed by atoms with Crippen molar-refractivity contribution in [3.63, 3.8) is 0 Å². The summed E-state index contributed by atoms with van der Waals surface area (Å²) in [6.07, 6.45) is 0.0270. The lowest BCUT2D eigenvalue weighted by Crippen LogP contribution is -2.54. The molecular formula is C19H19N3O5S. The van der Waals surface area contributed by atoms with Crippen molar-refractivity contribution in [2.75, 3.05) is 33.9 Å². The van der Waals surface area contributed by atoms with Gasteiger partial charge in [0.15, 0.2) is 6.10 Å². The Morgan fingerprint density at radius 3 is 2.68 bits per heavy atom. The molecule has 8 nitrogen and oxygen atoms in total. The second-order valence-corrected chi connectivity index (χ2v) is 8.77. The van der Waals surface area contributed by atoms with Gasteiger partial charge in [-0.15, -0.1) is 0 Å². The van der Waals surface area contributed by atoms with Crippen molar-refractivity contribution in [3.8, 4) is 5.75 Å². The van der Waals surface area contributed by atoms with E-state index in [4.69, 9.17) is 4.74 Å². The Morgan fingerprint density at radius 2 is 1.93 bits per heavy atom. The largest absolute Gasteiger partial charge is 0.476 e. The van der Waals surface area contributed by atoms with Gasteiger partial charge in [-0.1, -0.05) is 18.2 Å². The molecule has 2 aromatic carbocycles. The molecule has 0 saturated carbocycles. The predicted octanol–water partition coefficient (Wildman–Crippen LogP) is 1.51. The summed E-state index contributed by atoms with van der Waals surface area (Å²) in [4.78, 5) is 26.6. The number of para-hydroxylation sites is 2. The summed E-state index contributed by atoms with van der Waals surface area (Å²) in [6.45, 7) is 1.53. The van der Waals surface area contributed by atoms with Crippen LogP contribution >= 0.6 is 0 Å². The van der Waals surface area contributed by atoms with Crippen molar-refractivity contribution in [2.24, 2.45) is 0 Å². The maximum atomic E-state index is 13.2. The van der Waals surface area contributed by atoms with Gasteiger partial charge >= 0.3 is 0 Å². The summed E-state index contributed by atoms with van der Waals surface area (Å²) in [6, 6.07) is 12.1. The van der Waals surface area contributed by atoms with Crippen LogP contribution in [-0.4, -0.2) is 45.7 Å². The minimum atomic E-state index is -3.62. The number of amides is 2. The Labute approximate surface area is 162 Å². The number of rotatable bonds is 2. The van der Waals surface area contributed by atoms with Crippen LogP contribution in [0.25, 0.3) is 0 Å². The summed E-state index contributed by atoms with van der Waals surface area (Å²) in [5, 5.41) is 2.72. The SMILES string of the molecule is Cc1ccc2c(c1)N(S(C)(=O)=O)CC(C(=O)N1CC(=O)Nc3ccccc31)O2. The molecule has 1 atom stereocenters. The maximum Gasteiger partial charge on any atom is 0.270 e. The van der Waals surface area contributed by atoms with Gasteiger partial charge in [0.2, 0.25) is 15.9 Å². The average molecular weight is 401 g/mol. The Hall–Kier alpha value is -3.07. The van der Waals surface area contributed by atoms with Gasteiger partial charge in [-0.2, -0.15) is 0 Å². The molecule has 2 aliphatic rings. The lowest BCUT2D eigenvalue weighted by atomic mass is 10.1. The number of ether oxygens (including phenoxy) is 1. The Balaban J connectivity index is 1.71. The van der Waals surface area contributed by atoms with E-state index in [1.165, 1.54) is 9.21 Å². The van der Waals surface area contributed by atoms with Gasteiger partial charge in [-0.25, -0.2) is 8.42 Å². The number of benzene rings is 2. The van der Waals surface area contributed by atoms with Gasteiger partial charge in [0, 0.05) is 0 Å². The highest BCUT2D eigenvalue weighted by Gasteiger charge is 2.39. The lowest BCUT2D eigenvalue weighted by molar-refractivity contribution is -0.127. The van der Waals surface area contributed by atoms with E-state index < -0.39 is 22.0 Å². The third-order valence-electron chi connectivity index (χ3n) is 4.70. The highest BCUT2D eigenvalue weighted by atomic mass is 32.2. The highest BCUT2D eigenvalue weighted by molar-refractivity contribution is 7.92. The van der Waals surface area contributed by atoms with Crippen molar-refractivity contribution >= 4 is 38.9 Å². The number of carbonyl (C=O) groups is 2. The first-order chi connectivity index (χ1) is 13.2. The minimum absolute atomic E-state index is 0.157. The van der Waals surface area contributed by atoms with Crippen molar-refractivity contribution < 1.29 is 22.7 Å². The normalized spacial score (nSPS) is 18.6. The molecule has 0 bridgehead atoms. The molecule has 0 radical (unpaired) electrons. The van der Waals surface area contributed by atoms with E-state index in [0.29, 0.717) is 22.8 Å². The number of nitrogens with zero attached hydrogens (tertiary/aromatic N) is 2. The van der Waals surface area contributed by atoms with E-state index in [-0.39, 0.29) is 19.0 Å². The standard InChI is InChI=1S/C19H19N3O5S/c1-12-7-8-16-15(9-12)22(28(2,25)26)10-17(27-16)19(24)21-11-18(23)20-13-5-3-4-6-14(13)21/h3-9,17H,10-11H2,1-2H3,(H,20,23). The fourth-order valence-electron chi connectivity index (χ4n) is 3.41. The minimum Gasteiger partial charge on any atom is -0.476 e. The first-order valence-electron chi connectivity index (χ1n) is 8.69. The number of carbonyl (C=O) groups excluding carboxylic acids is 2. The van der Waals surface area contributed by atoms with E-state index >= 15 is 0 Å². The summed E-state index contributed by atoms with van der Waals surface area (Å²) < 4.78 is 31.7. The summed E-state index contributed by atoms with van der Waals surface area (Å²) in [5.41, 5.74) is 2.36. The lowest BCUT2D eigenvalue weighted by Gasteiger charge is -2.37. The maximum absolute atomic E-state index is 13.2. The third-order valence-corrected chi connectivity index (χ3v) is 5.84. The molecule has 0 spiro atoms. The molecule has 1 unspecified atom stereocenters. The van der Waals surface area contributed by atoms with E-state index in [1.54, 1.807) is 42.5 Å². The number of nitrogens with one attached hydrogen (secondary N) is 1. The molecule has 0 saturated heterocycles. The second kappa shape index (κ2) is 6.52. The van der Waals surface area contributed by atoms with Crippen LogP contribution in [0.5, 0.6) is 5.75 Å². The first-order valence-corrected chi connectivity index (χ1v) is 10.5. The summed E-state index contributed by atoms with van der Waals surface area (Å²) >= 11 is 0. The van der Waals surface area contributed by atoms with Gasteiger partial charge in [-0.05, 0) is 36.8 Å². The van der Waals surface area contributed by atoms with Gasteiger partial charge in [-0.3, -0.25) is 18.8 Å². The van der Waals surface area contributed by atoms with Gasteiger partial charge in [0.05, 0.1) is 29.9 Å². The Morgan fingerprint density at radius 1 is 1.18 bits per heavy atom. The van der Waals surface area contributed by atoms with Crippen LogP contribution in [0.1, 0.15) is 5.56 Å². The first kappa shape index (κ1) is 18.3. The molecule has 2 heterocycles. The topological polar surface area (TPSA) is 96.0 Å². The van der Waals surface area contributed by atoms with Crippen LogP contribution in [0.3, 0.4) is 0 Å². The molecule has 146 valence electrons. The van der Waals surface area contributed by atoms with E-state index in [0.717, 1.165) is 11.8 Å². The van der Waals surface area contributed by atoms with Gasteiger partial charge in [0.1, 0.15) is 12.3 Å². The molecule has 2 amide bonds. The molecule has 2 aromatic rings.